The Labute approximate surface area is 104 Å². The van der Waals surface area contributed by atoms with E-state index in [9.17, 15) is 0 Å². The van der Waals surface area contributed by atoms with Crippen molar-refractivity contribution >= 4 is 11.6 Å². The van der Waals surface area contributed by atoms with Gasteiger partial charge in [-0.05, 0) is 12.1 Å². The van der Waals surface area contributed by atoms with Crippen LogP contribution in [0.25, 0.3) is 5.69 Å². The summed E-state index contributed by atoms with van der Waals surface area (Å²) in [5.41, 5.74) is 1.56. The smallest absolute Gasteiger partial charge is 0.162 e. The fourth-order valence-corrected chi connectivity index (χ4v) is 1.58. The summed E-state index contributed by atoms with van der Waals surface area (Å²) in [6, 6.07) is 5.51. The predicted octanol–water partition coefficient (Wildman–Crippen LogP) is 2.02. The van der Waals surface area contributed by atoms with Crippen LogP contribution in [-0.2, 0) is 5.88 Å². The zero-order valence-electron chi connectivity index (χ0n) is 9.55. The van der Waals surface area contributed by atoms with Gasteiger partial charge in [-0.25, -0.2) is 4.68 Å². The molecule has 1 aromatic heterocycles. The van der Waals surface area contributed by atoms with Crippen molar-refractivity contribution in [1.82, 2.24) is 15.0 Å². The molecule has 1 heterocycles. The number of hydrogen-bond acceptors (Lipinski definition) is 4. The molecule has 2 rings (SSSR count). The van der Waals surface area contributed by atoms with Gasteiger partial charge in [0.1, 0.15) is 0 Å². The molecule has 0 amide bonds. The molecule has 0 atom stereocenters. The Bertz CT molecular complexity index is 513. The zero-order valence-corrected chi connectivity index (χ0v) is 10.3. The van der Waals surface area contributed by atoms with Crippen LogP contribution in [0.4, 0.5) is 0 Å². The van der Waals surface area contributed by atoms with E-state index >= 15 is 0 Å². The average Bonchev–Trinajstić information content (AvgIpc) is 2.86. The van der Waals surface area contributed by atoms with Gasteiger partial charge in [-0.3, -0.25) is 0 Å². The molecule has 0 aliphatic heterocycles. The van der Waals surface area contributed by atoms with E-state index in [0.29, 0.717) is 17.4 Å². The first-order valence-electron chi connectivity index (χ1n) is 4.98. The van der Waals surface area contributed by atoms with Crippen molar-refractivity contribution in [2.45, 2.75) is 5.88 Å². The van der Waals surface area contributed by atoms with Crippen LogP contribution in [-0.4, -0.2) is 29.2 Å². The van der Waals surface area contributed by atoms with Gasteiger partial charge in [-0.2, -0.15) is 0 Å². The molecule has 0 radical (unpaired) electrons. The van der Waals surface area contributed by atoms with Gasteiger partial charge in [0.05, 0.1) is 37.7 Å². The standard InChI is InChI=1S/C11H12ClN3O2/c1-16-10-4-3-9(5-11(10)17-2)15-7-8(6-12)13-14-15/h3-5,7H,6H2,1-2H3. The van der Waals surface area contributed by atoms with E-state index in [1.807, 2.05) is 18.2 Å². The number of aromatic nitrogens is 3. The molecule has 6 heteroatoms. The minimum absolute atomic E-state index is 0.341. The van der Waals surface area contributed by atoms with Gasteiger partial charge in [-0.15, -0.1) is 16.7 Å². The summed E-state index contributed by atoms with van der Waals surface area (Å²) < 4.78 is 12.0. The van der Waals surface area contributed by atoms with E-state index in [1.54, 1.807) is 25.1 Å². The molecule has 17 heavy (non-hydrogen) atoms. The quantitative estimate of drug-likeness (QED) is 0.783. The minimum atomic E-state index is 0.341. The molecular weight excluding hydrogens is 242 g/mol. The van der Waals surface area contributed by atoms with E-state index < -0.39 is 0 Å². The molecule has 2 aromatic rings. The topological polar surface area (TPSA) is 49.2 Å². The molecule has 5 nitrogen and oxygen atoms in total. The number of methoxy groups -OCH3 is 2. The van der Waals surface area contributed by atoms with Gasteiger partial charge in [0, 0.05) is 6.07 Å². The number of ether oxygens (including phenoxy) is 2. The highest BCUT2D eigenvalue weighted by atomic mass is 35.5. The Morgan fingerprint density at radius 1 is 1.24 bits per heavy atom. The molecule has 0 saturated heterocycles. The third-order valence-electron chi connectivity index (χ3n) is 2.31. The summed E-state index contributed by atoms with van der Waals surface area (Å²) >= 11 is 5.67. The Balaban J connectivity index is 2.38. The van der Waals surface area contributed by atoms with Crippen molar-refractivity contribution in [3.05, 3.63) is 30.1 Å². The van der Waals surface area contributed by atoms with Crippen LogP contribution in [0.5, 0.6) is 11.5 Å². The van der Waals surface area contributed by atoms with Crippen molar-refractivity contribution < 1.29 is 9.47 Å². The average molecular weight is 254 g/mol. The van der Waals surface area contributed by atoms with Crippen molar-refractivity contribution in [3.8, 4) is 17.2 Å². The highest BCUT2D eigenvalue weighted by molar-refractivity contribution is 6.16. The molecule has 0 aliphatic rings. The van der Waals surface area contributed by atoms with Crippen LogP contribution in [0.15, 0.2) is 24.4 Å². The minimum Gasteiger partial charge on any atom is -0.493 e. The highest BCUT2D eigenvalue weighted by Gasteiger charge is 2.07. The largest absolute Gasteiger partial charge is 0.493 e. The number of halogens is 1. The van der Waals surface area contributed by atoms with Gasteiger partial charge < -0.3 is 9.47 Å². The number of benzene rings is 1. The first kappa shape index (κ1) is 11.7. The van der Waals surface area contributed by atoms with E-state index in [1.165, 1.54) is 0 Å². The van der Waals surface area contributed by atoms with Crippen molar-refractivity contribution in [3.63, 3.8) is 0 Å². The molecule has 0 bridgehead atoms. The fourth-order valence-electron chi connectivity index (χ4n) is 1.45. The molecule has 0 N–H and O–H groups in total. The first-order chi connectivity index (χ1) is 8.28. The maximum atomic E-state index is 5.67. The number of nitrogens with zero attached hydrogens (tertiary/aromatic N) is 3. The molecule has 1 aromatic carbocycles. The SMILES string of the molecule is COc1ccc(-n2cc(CCl)nn2)cc1OC. The third kappa shape index (κ3) is 2.34. The lowest BCUT2D eigenvalue weighted by Gasteiger charge is -2.08. The number of rotatable bonds is 4. The molecule has 0 saturated carbocycles. The lowest BCUT2D eigenvalue weighted by atomic mass is 10.3. The van der Waals surface area contributed by atoms with Gasteiger partial charge in [0.15, 0.2) is 11.5 Å². The summed E-state index contributed by atoms with van der Waals surface area (Å²) in [4.78, 5) is 0. The van der Waals surface area contributed by atoms with Crippen LogP contribution in [0.2, 0.25) is 0 Å². The van der Waals surface area contributed by atoms with Crippen molar-refractivity contribution in [1.29, 1.82) is 0 Å². The summed E-state index contributed by atoms with van der Waals surface area (Å²) in [5.74, 6) is 1.66. The van der Waals surface area contributed by atoms with Crippen molar-refractivity contribution in [2.75, 3.05) is 14.2 Å². The molecule has 0 spiro atoms. The second-order valence-corrected chi connectivity index (χ2v) is 3.59. The second kappa shape index (κ2) is 5.05. The zero-order chi connectivity index (χ0) is 12.3. The molecule has 0 fully saturated rings. The predicted molar refractivity (Wildman–Crippen MR) is 64.0 cm³/mol. The Kier molecular flexibility index (Phi) is 3.49. The molecule has 0 aliphatic carbocycles. The molecular formula is C11H12ClN3O2. The Morgan fingerprint density at radius 2 is 2.00 bits per heavy atom. The lowest BCUT2D eigenvalue weighted by Crippen LogP contribution is -1.97. The van der Waals surface area contributed by atoms with E-state index in [-0.39, 0.29) is 0 Å². The van der Waals surface area contributed by atoms with Crippen LogP contribution in [0.3, 0.4) is 0 Å². The van der Waals surface area contributed by atoms with Crippen LogP contribution < -0.4 is 9.47 Å². The van der Waals surface area contributed by atoms with Crippen LogP contribution in [0, 0.1) is 0 Å². The maximum absolute atomic E-state index is 5.67. The van der Waals surface area contributed by atoms with Gasteiger partial charge >= 0.3 is 0 Å². The summed E-state index contributed by atoms with van der Waals surface area (Å²) in [6.45, 7) is 0. The van der Waals surface area contributed by atoms with Crippen LogP contribution in [0.1, 0.15) is 5.69 Å². The third-order valence-corrected chi connectivity index (χ3v) is 2.58. The molecule has 0 unspecified atom stereocenters. The number of alkyl halides is 1. The Morgan fingerprint density at radius 3 is 2.59 bits per heavy atom. The van der Waals surface area contributed by atoms with Gasteiger partial charge in [-0.1, -0.05) is 5.21 Å². The van der Waals surface area contributed by atoms with E-state index in [2.05, 4.69) is 10.3 Å². The van der Waals surface area contributed by atoms with Crippen LogP contribution >= 0.6 is 11.6 Å². The monoisotopic (exact) mass is 253 g/mol. The highest BCUT2D eigenvalue weighted by Crippen LogP contribution is 2.28. The second-order valence-electron chi connectivity index (χ2n) is 3.33. The normalized spacial score (nSPS) is 10.3. The fraction of sp³-hybridized carbons (Fsp3) is 0.273. The van der Waals surface area contributed by atoms with E-state index in [4.69, 9.17) is 21.1 Å². The summed E-state index contributed by atoms with van der Waals surface area (Å²) in [5, 5.41) is 7.89. The number of hydrogen-bond donors (Lipinski definition) is 0. The summed E-state index contributed by atoms with van der Waals surface area (Å²) in [7, 11) is 3.19. The van der Waals surface area contributed by atoms with E-state index in [0.717, 1.165) is 11.4 Å². The van der Waals surface area contributed by atoms with Crippen molar-refractivity contribution in [2.24, 2.45) is 0 Å². The van der Waals surface area contributed by atoms with Gasteiger partial charge in [0.25, 0.3) is 0 Å². The molecule has 90 valence electrons. The van der Waals surface area contributed by atoms with Gasteiger partial charge in [0.2, 0.25) is 0 Å². The summed E-state index contributed by atoms with van der Waals surface area (Å²) in [6.07, 6.45) is 1.77. The Hall–Kier alpha value is -1.75. The lowest BCUT2D eigenvalue weighted by molar-refractivity contribution is 0.354. The maximum Gasteiger partial charge on any atom is 0.162 e. The first-order valence-corrected chi connectivity index (χ1v) is 5.51.